The van der Waals surface area contributed by atoms with Gasteiger partial charge in [-0.1, -0.05) is 13.8 Å². The highest BCUT2D eigenvalue weighted by molar-refractivity contribution is 5.60. The molecule has 0 spiro atoms. The minimum Gasteiger partial charge on any atom is -0.373 e. The fourth-order valence-electron chi connectivity index (χ4n) is 2.29. The minimum atomic E-state index is -0.387. The van der Waals surface area contributed by atoms with Crippen LogP contribution in [0.2, 0.25) is 0 Å². The van der Waals surface area contributed by atoms with Gasteiger partial charge in [-0.2, -0.15) is 5.26 Å². The standard InChI is InChI=1S/C13H19N5O/c1-9(2)11-12(15-3)16-8-17-13(11)18-4-5-19-10(6-14)7-18/h8-10H,4-5,7H2,1-3H3,(H,15,16,17). The lowest BCUT2D eigenvalue weighted by molar-refractivity contribution is 0.0760. The summed E-state index contributed by atoms with van der Waals surface area (Å²) in [5, 5.41) is 12.1. The van der Waals surface area contributed by atoms with Crippen LogP contribution in [0.1, 0.15) is 25.3 Å². The number of morpholine rings is 1. The van der Waals surface area contributed by atoms with Gasteiger partial charge in [-0.05, 0) is 5.92 Å². The highest BCUT2D eigenvalue weighted by Crippen LogP contribution is 2.31. The van der Waals surface area contributed by atoms with E-state index in [-0.39, 0.29) is 6.10 Å². The zero-order valence-electron chi connectivity index (χ0n) is 11.6. The lowest BCUT2D eigenvalue weighted by atomic mass is 10.0. The first-order valence-electron chi connectivity index (χ1n) is 6.46. The molecule has 0 aliphatic carbocycles. The Morgan fingerprint density at radius 3 is 2.95 bits per heavy atom. The van der Waals surface area contributed by atoms with E-state index in [1.807, 2.05) is 7.05 Å². The van der Waals surface area contributed by atoms with Gasteiger partial charge in [0.2, 0.25) is 0 Å². The van der Waals surface area contributed by atoms with Crippen LogP contribution in [0, 0.1) is 11.3 Å². The molecular formula is C13H19N5O. The summed E-state index contributed by atoms with van der Waals surface area (Å²) in [6, 6.07) is 2.16. The van der Waals surface area contributed by atoms with Crippen molar-refractivity contribution >= 4 is 11.6 Å². The van der Waals surface area contributed by atoms with Gasteiger partial charge in [0, 0.05) is 19.2 Å². The van der Waals surface area contributed by atoms with Gasteiger partial charge in [0.25, 0.3) is 0 Å². The number of ether oxygens (including phenoxy) is 1. The highest BCUT2D eigenvalue weighted by atomic mass is 16.5. The van der Waals surface area contributed by atoms with Crippen LogP contribution in [0.5, 0.6) is 0 Å². The van der Waals surface area contributed by atoms with Crippen molar-refractivity contribution in [2.24, 2.45) is 0 Å². The summed E-state index contributed by atoms with van der Waals surface area (Å²) in [5.41, 5.74) is 1.09. The van der Waals surface area contributed by atoms with Crippen molar-refractivity contribution in [1.82, 2.24) is 9.97 Å². The summed E-state index contributed by atoms with van der Waals surface area (Å²) in [4.78, 5) is 10.8. The molecule has 0 bridgehead atoms. The average molecular weight is 261 g/mol. The minimum absolute atomic E-state index is 0.307. The quantitative estimate of drug-likeness (QED) is 0.885. The number of hydrogen-bond acceptors (Lipinski definition) is 6. The van der Waals surface area contributed by atoms with E-state index >= 15 is 0 Å². The molecular weight excluding hydrogens is 242 g/mol. The zero-order valence-corrected chi connectivity index (χ0v) is 11.6. The Morgan fingerprint density at radius 1 is 1.53 bits per heavy atom. The van der Waals surface area contributed by atoms with Crippen LogP contribution >= 0.6 is 0 Å². The normalized spacial score (nSPS) is 19.3. The SMILES string of the molecule is CNc1ncnc(N2CCOC(C#N)C2)c1C(C)C. The number of rotatable bonds is 3. The van der Waals surface area contributed by atoms with Crippen LogP contribution in [0.25, 0.3) is 0 Å². The summed E-state index contributed by atoms with van der Waals surface area (Å²) in [5.74, 6) is 2.06. The van der Waals surface area contributed by atoms with Crippen molar-refractivity contribution in [2.75, 3.05) is 37.0 Å². The fraction of sp³-hybridized carbons (Fsp3) is 0.615. The molecule has 102 valence electrons. The third-order valence-electron chi connectivity index (χ3n) is 3.19. The Morgan fingerprint density at radius 2 is 2.32 bits per heavy atom. The predicted octanol–water partition coefficient (Wildman–Crippen LogP) is 1.37. The number of nitrogens with zero attached hydrogens (tertiary/aromatic N) is 4. The van der Waals surface area contributed by atoms with E-state index in [1.165, 1.54) is 0 Å². The largest absolute Gasteiger partial charge is 0.373 e. The molecule has 19 heavy (non-hydrogen) atoms. The van der Waals surface area contributed by atoms with E-state index in [2.05, 4.69) is 40.1 Å². The summed E-state index contributed by atoms with van der Waals surface area (Å²) >= 11 is 0. The Kier molecular flexibility index (Phi) is 4.17. The van der Waals surface area contributed by atoms with Crippen molar-refractivity contribution in [2.45, 2.75) is 25.9 Å². The predicted molar refractivity (Wildman–Crippen MR) is 73.2 cm³/mol. The number of hydrogen-bond donors (Lipinski definition) is 1. The Balaban J connectivity index is 2.36. The van der Waals surface area contributed by atoms with Gasteiger partial charge in [0.05, 0.1) is 19.2 Å². The van der Waals surface area contributed by atoms with Crippen molar-refractivity contribution in [1.29, 1.82) is 5.26 Å². The van der Waals surface area contributed by atoms with Gasteiger partial charge in [-0.3, -0.25) is 0 Å². The fourth-order valence-corrected chi connectivity index (χ4v) is 2.29. The number of nitrogens with one attached hydrogen (secondary N) is 1. The number of aromatic nitrogens is 2. The highest BCUT2D eigenvalue weighted by Gasteiger charge is 2.25. The molecule has 2 heterocycles. The maximum absolute atomic E-state index is 8.99. The molecule has 0 aromatic carbocycles. The van der Waals surface area contributed by atoms with E-state index in [9.17, 15) is 0 Å². The van der Waals surface area contributed by atoms with Crippen molar-refractivity contribution in [3.8, 4) is 6.07 Å². The third kappa shape index (κ3) is 2.76. The molecule has 1 saturated heterocycles. The molecule has 0 radical (unpaired) electrons. The Hall–Kier alpha value is -1.87. The first kappa shape index (κ1) is 13.6. The number of nitriles is 1. The maximum atomic E-state index is 8.99. The second kappa shape index (κ2) is 5.85. The van der Waals surface area contributed by atoms with E-state index in [1.54, 1.807) is 6.33 Å². The molecule has 1 N–H and O–H groups in total. The van der Waals surface area contributed by atoms with Crippen LogP contribution in [0.3, 0.4) is 0 Å². The van der Waals surface area contributed by atoms with Gasteiger partial charge >= 0.3 is 0 Å². The lowest BCUT2D eigenvalue weighted by Gasteiger charge is -2.32. The Labute approximate surface area is 113 Å². The second-order valence-corrected chi connectivity index (χ2v) is 4.80. The van der Waals surface area contributed by atoms with Gasteiger partial charge in [-0.15, -0.1) is 0 Å². The molecule has 6 heteroatoms. The summed E-state index contributed by atoms with van der Waals surface area (Å²) < 4.78 is 5.37. The second-order valence-electron chi connectivity index (χ2n) is 4.80. The molecule has 1 unspecified atom stereocenters. The lowest BCUT2D eigenvalue weighted by Crippen LogP contribution is -2.42. The van der Waals surface area contributed by atoms with Crippen LogP contribution in [0.15, 0.2) is 6.33 Å². The van der Waals surface area contributed by atoms with Crippen LogP contribution in [0.4, 0.5) is 11.6 Å². The molecule has 6 nitrogen and oxygen atoms in total. The molecule has 1 aliphatic rings. The first-order chi connectivity index (χ1) is 9.17. The molecule has 1 aliphatic heterocycles. The molecule has 1 fully saturated rings. The topological polar surface area (TPSA) is 74.1 Å². The van der Waals surface area contributed by atoms with Crippen molar-refractivity contribution < 1.29 is 4.74 Å². The molecule has 2 rings (SSSR count). The first-order valence-corrected chi connectivity index (χ1v) is 6.46. The summed E-state index contributed by atoms with van der Waals surface area (Å²) in [7, 11) is 1.86. The van der Waals surface area contributed by atoms with Crippen LogP contribution < -0.4 is 10.2 Å². The molecule has 0 saturated carbocycles. The summed E-state index contributed by atoms with van der Waals surface area (Å²) in [6.07, 6.45) is 1.17. The van der Waals surface area contributed by atoms with E-state index in [0.29, 0.717) is 19.1 Å². The molecule has 1 aromatic heterocycles. The number of anilines is 2. The third-order valence-corrected chi connectivity index (χ3v) is 3.19. The van der Waals surface area contributed by atoms with Gasteiger partial charge < -0.3 is 15.0 Å². The van der Waals surface area contributed by atoms with E-state index < -0.39 is 0 Å². The van der Waals surface area contributed by atoms with Gasteiger partial charge in [-0.25, -0.2) is 9.97 Å². The molecule has 1 aromatic rings. The van der Waals surface area contributed by atoms with Crippen LogP contribution in [-0.2, 0) is 4.74 Å². The zero-order chi connectivity index (χ0) is 13.8. The van der Waals surface area contributed by atoms with Crippen LogP contribution in [-0.4, -0.2) is 42.8 Å². The average Bonchev–Trinajstić information content (AvgIpc) is 2.46. The maximum Gasteiger partial charge on any atom is 0.161 e. The van der Waals surface area contributed by atoms with Crippen molar-refractivity contribution in [3.63, 3.8) is 0 Å². The summed E-state index contributed by atoms with van der Waals surface area (Å²) in [6.45, 7) is 6.08. The Bertz CT molecular complexity index is 482. The monoisotopic (exact) mass is 261 g/mol. The smallest absolute Gasteiger partial charge is 0.161 e. The van der Waals surface area contributed by atoms with E-state index in [0.717, 1.165) is 23.7 Å². The molecule has 1 atom stereocenters. The van der Waals surface area contributed by atoms with Crippen molar-refractivity contribution in [3.05, 3.63) is 11.9 Å². The van der Waals surface area contributed by atoms with E-state index in [4.69, 9.17) is 10.00 Å². The van der Waals surface area contributed by atoms with Gasteiger partial charge in [0.1, 0.15) is 18.0 Å². The van der Waals surface area contributed by atoms with Gasteiger partial charge in [0.15, 0.2) is 6.10 Å². The molecule has 0 amide bonds.